The Morgan fingerprint density at radius 3 is 2.43 bits per heavy atom. The molecule has 6 heteroatoms. The predicted octanol–water partition coefficient (Wildman–Crippen LogP) is 3.29. The number of aromatic nitrogens is 1. The third-order valence-electron chi connectivity index (χ3n) is 4.89. The molecule has 0 unspecified atom stereocenters. The summed E-state index contributed by atoms with van der Waals surface area (Å²) in [5.41, 5.74) is 1.82. The molecule has 1 fully saturated rings. The van der Waals surface area contributed by atoms with Crippen molar-refractivity contribution in [1.82, 2.24) is 14.8 Å². The lowest BCUT2D eigenvalue weighted by Gasteiger charge is -2.32. The van der Waals surface area contributed by atoms with Crippen molar-refractivity contribution in [2.45, 2.75) is 0 Å². The van der Waals surface area contributed by atoms with Gasteiger partial charge in [-0.1, -0.05) is 6.07 Å². The summed E-state index contributed by atoms with van der Waals surface area (Å²) < 4.78 is 5.85. The van der Waals surface area contributed by atoms with E-state index in [1.807, 2.05) is 29.2 Å². The van der Waals surface area contributed by atoms with Gasteiger partial charge in [-0.05, 0) is 55.6 Å². The average molecular weight is 372 g/mol. The van der Waals surface area contributed by atoms with Gasteiger partial charge in [0.25, 0.3) is 5.91 Å². The van der Waals surface area contributed by atoms with Crippen molar-refractivity contribution in [3.63, 3.8) is 0 Å². The molecule has 1 aliphatic rings. The molecule has 0 aliphatic carbocycles. The minimum Gasteiger partial charge on any atom is -0.457 e. The van der Waals surface area contributed by atoms with Crippen LogP contribution >= 0.6 is 0 Å². The predicted molar refractivity (Wildman–Crippen MR) is 106 cm³/mol. The molecule has 0 N–H and O–H groups in total. The monoisotopic (exact) mass is 372 g/mol. The van der Waals surface area contributed by atoms with Gasteiger partial charge in [-0.15, -0.1) is 0 Å². The second-order valence-corrected chi connectivity index (χ2v) is 6.88. The maximum Gasteiger partial charge on any atom is 0.272 e. The summed E-state index contributed by atoms with van der Waals surface area (Å²) in [6.07, 6.45) is 0. The minimum atomic E-state index is -0.0205. The number of likely N-dealkylation sites (N-methyl/N-ethyl adjacent to an activating group) is 1. The number of fused-ring (bicyclic) bond motifs is 1. The molecule has 0 saturated carbocycles. The Kier molecular flexibility index (Phi) is 4.92. The number of rotatable bonds is 3. The van der Waals surface area contributed by atoms with Gasteiger partial charge >= 0.3 is 0 Å². The van der Waals surface area contributed by atoms with Gasteiger partial charge in [-0.25, -0.2) is 4.98 Å². The molecule has 1 saturated heterocycles. The molecule has 0 spiro atoms. The fourth-order valence-electron chi connectivity index (χ4n) is 3.19. The van der Waals surface area contributed by atoms with Gasteiger partial charge in [0.1, 0.15) is 17.2 Å². The van der Waals surface area contributed by atoms with E-state index < -0.39 is 0 Å². The van der Waals surface area contributed by atoms with Crippen molar-refractivity contribution < 1.29 is 9.53 Å². The number of ether oxygens (including phenoxy) is 1. The van der Waals surface area contributed by atoms with E-state index in [4.69, 9.17) is 10.00 Å². The van der Waals surface area contributed by atoms with E-state index in [0.717, 1.165) is 37.1 Å². The van der Waals surface area contributed by atoms with Crippen LogP contribution in [0.2, 0.25) is 0 Å². The Morgan fingerprint density at radius 1 is 1.00 bits per heavy atom. The quantitative estimate of drug-likeness (QED) is 0.706. The van der Waals surface area contributed by atoms with Gasteiger partial charge in [0.05, 0.1) is 17.1 Å². The highest BCUT2D eigenvalue weighted by Crippen LogP contribution is 2.25. The summed E-state index contributed by atoms with van der Waals surface area (Å²) in [6, 6.07) is 18.3. The fraction of sp³-hybridized carbons (Fsp3) is 0.227. The lowest BCUT2D eigenvalue weighted by Crippen LogP contribution is -2.47. The average Bonchev–Trinajstić information content (AvgIpc) is 2.74. The van der Waals surface area contributed by atoms with Crippen molar-refractivity contribution >= 4 is 16.8 Å². The number of pyridine rings is 1. The van der Waals surface area contributed by atoms with Gasteiger partial charge in [-0.2, -0.15) is 5.26 Å². The standard InChI is InChI=1S/C22H20N4O2/c1-25-10-12-26(13-11-25)22(27)21-8-4-17-14-19(7-9-20(17)24-21)28-18-5-2-16(15-23)3-6-18/h2-9,14H,10-13H2,1H3. The molecule has 1 aromatic heterocycles. The second kappa shape index (κ2) is 7.67. The van der Waals surface area contributed by atoms with Crippen LogP contribution in [0.4, 0.5) is 0 Å². The fourth-order valence-corrected chi connectivity index (χ4v) is 3.19. The van der Waals surface area contributed by atoms with Crippen LogP contribution in [0.3, 0.4) is 0 Å². The Balaban J connectivity index is 1.52. The second-order valence-electron chi connectivity index (χ2n) is 6.88. The number of amides is 1. The molecule has 0 radical (unpaired) electrons. The molecular formula is C22H20N4O2. The normalized spacial score (nSPS) is 14.6. The van der Waals surface area contributed by atoms with Crippen molar-refractivity contribution in [2.24, 2.45) is 0 Å². The zero-order valence-corrected chi connectivity index (χ0v) is 15.6. The molecule has 0 bridgehead atoms. The number of benzene rings is 2. The van der Waals surface area contributed by atoms with Gasteiger partial charge < -0.3 is 14.5 Å². The van der Waals surface area contributed by atoms with Crippen LogP contribution < -0.4 is 4.74 Å². The van der Waals surface area contributed by atoms with E-state index >= 15 is 0 Å². The number of carbonyl (C=O) groups excluding carboxylic acids is 1. The molecule has 4 rings (SSSR count). The lowest BCUT2D eigenvalue weighted by atomic mass is 10.1. The maximum atomic E-state index is 12.7. The summed E-state index contributed by atoms with van der Waals surface area (Å²) in [4.78, 5) is 21.3. The Bertz CT molecular complexity index is 1050. The molecule has 1 amide bonds. The topological polar surface area (TPSA) is 69.5 Å². The van der Waals surface area contributed by atoms with Gasteiger partial charge in [0.2, 0.25) is 0 Å². The number of piperazine rings is 1. The zero-order valence-electron chi connectivity index (χ0n) is 15.6. The first-order valence-electron chi connectivity index (χ1n) is 9.19. The number of hydrogen-bond acceptors (Lipinski definition) is 5. The molecular weight excluding hydrogens is 352 g/mol. The zero-order chi connectivity index (χ0) is 19.5. The van der Waals surface area contributed by atoms with Crippen molar-refractivity contribution in [3.8, 4) is 17.6 Å². The van der Waals surface area contributed by atoms with Crippen LogP contribution in [-0.2, 0) is 0 Å². The highest BCUT2D eigenvalue weighted by molar-refractivity contribution is 5.95. The van der Waals surface area contributed by atoms with E-state index in [2.05, 4.69) is 23.0 Å². The third-order valence-corrected chi connectivity index (χ3v) is 4.89. The first-order valence-corrected chi connectivity index (χ1v) is 9.19. The van der Waals surface area contributed by atoms with E-state index in [9.17, 15) is 4.79 Å². The van der Waals surface area contributed by atoms with Crippen molar-refractivity contribution in [1.29, 1.82) is 5.26 Å². The van der Waals surface area contributed by atoms with Crippen LogP contribution in [-0.4, -0.2) is 53.9 Å². The van der Waals surface area contributed by atoms with E-state index in [0.29, 0.717) is 22.8 Å². The van der Waals surface area contributed by atoms with Gasteiger partial charge in [0, 0.05) is 31.6 Å². The van der Waals surface area contributed by atoms with Crippen LogP contribution in [0.15, 0.2) is 54.6 Å². The Labute approximate surface area is 163 Å². The summed E-state index contributed by atoms with van der Waals surface area (Å²) in [6.45, 7) is 3.23. The van der Waals surface area contributed by atoms with Gasteiger partial charge in [-0.3, -0.25) is 4.79 Å². The SMILES string of the molecule is CN1CCN(C(=O)c2ccc3cc(Oc4ccc(C#N)cc4)ccc3n2)CC1. The minimum absolute atomic E-state index is 0.0205. The number of carbonyl (C=O) groups is 1. The first-order chi connectivity index (χ1) is 13.6. The molecule has 1 aliphatic heterocycles. The highest BCUT2D eigenvalue weighted by Gasteiger charge is 2.21. The Morgan fingerprint density at radius 2 is 1.71 bits per heavy atom. The van der Waals surface area contributed by atoms with Gasteiger partial charge in [0.15, 0.2) is 0 Å². The Hall–Kier alpha value is -3.43. The van der Waals surface area contributed by atoms with Crippen molar-refractivity contribution in [3.05, 3.63) is 65.9 Å². The van der Waals surface area contributed by atoms with Crippen molar-refractivity contribution in [2.75, 3.05) is 33.2 Å². The summed E-state index contributed by atoms with van der Waals surface area (Å²) in [7, 11) is 2.06. The summed E-state index contributed by atoms with van der Waals surface area (Å²) in [5, 5.41) is 9.77. The smallest absolute Gasteiger partial charge is 0.272 e. The molecule has 140 valence electrons. The largest absolute Gasteiger partial charge is 0.457 e. The molecule has 0 atom stereocenters. The maximum absolute atomic E-state index is 12.7. The number of nitriles is 1. The van der Waals surface area contributed by atoms with E-state index in [1.165, 1.54) is 0 Å². The molecule has 2 aromatic carbocycles. The molecule has 2 heterocycles. The third kappa shape index (κ3) is 3.80. The molecule has 6 nitrogen and oxygen atoms in total. The van der Waals surface area contributed by atoms with E-state index in [-0.39, 0.29) is 5.91 Å². The van der Waals surface area contributed by atoms with Crippen LogP contribution in [0.5, 0.6) is 11.5 Å². The molecule has 28 heavy (non-hydrogen) atoms. The lowest BCUT2D eigenvalue weighted by molar-refractivity contribution is 0.0658. The summed E-state index contributed by atoms with van der Waals surface area (Å²) in [5.74, 6) is 1.32. The molecule has 3 aromatic rings. The summed E-state index contributed by atoms with van der Waals surface area (Å²) >= 11 is 0. The van der Waals surface area contributed by atoms with Crippen LogP contribution in [0, 0.1) is 11.3 Å². The number of nitrogens with zero attached hydrogens (tertiary/aromatic N) is 4. The highest BCUT2D eigenvalue weighted by atomic mass is 16.5. The van der Waals surface area contributed by atoms with E-state index in [1.54, 1.807) is 30.3 Å². The van der Waals surface area contributed by atoms with Crippen LogP contribution in [0.1, 0.15) is 16.1 Å². The van der Waals surface area contributed by atoms with Crippen LogP contribution in [0.25, 0.3) is 10.9 Å². The first kappa shape index (κ1) is 18.0. The number of hydrogen-bond donors (Lipinski definition) is 0.